The summed E-state index contributed by atoms with van der Waals surface area (Å²) in [5.41, 5.74) is -0.438. The molecule has 5 heteroatoms. The summed E-state index contributed by atoms with van der Waals surface area (Å²) in [6, 6.07) is 0.696. The fourth-order valence-electron chi connectivity index (χ4n) is 2.78. The Labute approximate surface area is 141 Å². The third-order valence-electron chi connectivity index (χ3n) is 3.74. The molecule has 136 valence electrons. The Morgan fingerprint density at radius 2 is 1.91 bits per heavy atom. The summed E-state index contributed by atoms with van der Waals surface area (Å²) >= 11 is 0. The summed E-state index contributed by atoms with van der Waals surface area (Å²) in [7, 11) is 0. The average Bonchev–Trinajstić information content (AvgIpc) is 2.40. The summed E-state index contributed by atoms with van der Waals surface area (Å²) in [6.45, 7) is 12.6. The second-order valence-electron chi connectivity index (χ2n) is 7.98. The van der Waals surface area contributed by atoms with E-state index in [9.17, 15) is 4.79 Å². The van der Waals surface area contributed by atoms with E-state index in [1.165, 1.54) is 6.42 Å². The molecular formula is C18H36N2O3. The van der Waals surface area contributed by atoms with Crippen LogP contribution in [0.3, 0.4) is 0 Å². The standard InChI is InChI=1S/C18H36N2O3/c1-14(2)13-22-11-7-10-19-15-8-6-9-16(12-15)20-17(21)23-18(3,4)5/h14-16,19H,6-13H2,1-5H3,(H,20,21). The highest BCUT2D eigenvalue weighted by atomic mass is 16.6. The first kappa shape index (κ1) is 20.2. The number of nitrogens with one attached hydrogen (secondary N) is 2. The van der Waals surface area contributed by atoms with Crippen molar-refractivity contribution in [1.29, 1.82) is 0 Å². The number of hydrogen-bond acceptors (Lipinski definition) is 4. The van der Waals surface area contributed by atoms with Crippen molar-refractivity contribution in [3.63, 3.8) is 0 Å². The first-order valence-electron chi connectivity index (χ1n) is 9.07. The minimum absolute atomic E-state index is 0.216. The molecule has 1 saturated carbocycles. The molecule has 0 aromatic heterocycles. The number of amides is 1. The van der Waals surface area contributed by atoms with Gasteiger partial charge in [-0.15, -0.1) is 0 Å². The van der Waals surface area contributed by atoms with Crippen LogP contribution in [0.1, 0.15) is 66.7 Å². The smallest absolute Gasteiger partial charge is 0.407 e. The van der Waals surface area contributed by atoms with Gasteiger partial charge in [0.05, 0.1) is 0 Å². The highest BCUT2D eigenvalue weighted by Crippen LogP contribution is 2.19. The van der Waals surface area contributed by atoms with Crippen LogP contribution in [0.5, 0.6) is 0 Å². The van der Waals surface area contributed by atoms with Crippen LogP contribution in [-0.2, 0) is 9.47 Å². The zero-order valence-corrected chi connectivity index (χ0v) is 15.6. The lowest BCUT2D eigenvalue weighted by Crippen LogP contribution is -2.45. The van der Waals surface area contributed by atoms with Gasteiger partial charge in [0.25, 0.3) is 0 Å². The molecule has 23 heavy (non-hydrogen) atoms. The number of rotatable bonds is 8. The fourth-order valence-corrected chi connectivity index (χ4v) is 2.78. The lowest BCUT2D eigenvalue weighted by Gasteiger charge is -2.31. The van der Waals surface area contributed by atoms with Crippen molar-refractivity contribution in [2.75, 3.05) is 19.8 Å². The van der Waals surface area contributed by atoms with Crippen LogP contribution in [0.25, 0.3) is 0 Å². The summed E-state index contributed by atoms with van der Waals surface area (Å²) in [5, 5.41) is 6.59. The van der Waals surface area contributed by atoms with E-state index in [1.54, 1.807) is 0 Å². The van der Waals surface area contributed by atoms with E-state index in [0.29, 0.717) is 12.0 Å². The number of carbonyl (C=O) groups excluding carboxylic acids is 1. The SMILES string of the molecule is CC(C)COCCCNC1CCCC(NC(=O)OC(C)(C)C)C1. The van der Waals surface area contributed by atoms with Gasteiger partial charge in [-0.2, -0.15) is 0 Å². The van der Waals surface area contributed by atoms with Gasteiger partial charge in [-0.1, -0.05) is 13.8 Å². The molecule has 0 saturated heterocycles. The summed E-state index contributed by atoms with van der Waals surface area (Å²) in [5.74, 6) is 0.598. The molecule has 2 atom stereocenters. The van der Waals surface area contributed by atoms with Crippen LogP contribution in [-0.4, -0.2) is 43.5 Å². The number of hydrogen-bond donors (Lipinski definition) is 2. The molecule has 0 heterocycles. The Hall–Kier alpha value is -0.810. The van der Waals surface area contributed by atoms with Crippen molar-refractivity contribution in [2.24, 2.45) is 5.92 Å². The Kier molecular flexibility index (Phi) is 8.92. The van der Waals surface area contributed by atoms with E-state index in [1.807, 2.05) is 20.8 Å². The normalized spacial score (nSPS) is 22.2. The summed E-state index contributed by atoms with van der Waals surface area (Å²) in [6.07, 6.45) is 5.07. The molecule has 0 aliphatic heterocycles. The maximum absolute atomic E-state index is 11.9. The fraction of sp³-hybridized carbons (Fsp3) is 0.944. The number of ether oxygens (including phenoxy) is 2. The molecule has 5 nitrogen and oxygen atoms in total. The van der Waals surface area contributed by atoms with Gasteiger partial charge in [0.1, 0.15) is 5.60 Å². The van der Waals surface area contributed by atoms with E-state index in [0.717, 1.165) is 45.4 Å². The third-order valence-corrected chi connectivity index (χ3v) is 3.74. The van der Waals surface area contributed by atoms with E-state index >= 15 is 0 Å². The number of carbonyl (C=O) groups is 1. The van der Waals surface area contributed by atoms with E-state index in [2.05, 4.69) is 24.5 Å². The predicted molar refractivity (Wildman–Crippen MR) is 93.7 cm³/mol. The van der Waals surface area contributed by atoms with Crippen LogP contribution >= 0.6 is 0 Å². The molecule has 2 unspecified atom stereocenters. The summed E-state index contributed by atoms with van der Waals surface area (Å²) < 4.78 is 10.9. The molecule has 1 amide bonds. The van der Waals surface area contributed by atoms with E-state index in [4.69, 9.17) is 9.47 Å². The van der Waals surface area contributed by atoms with Crippen LogP contribution in [0.2, 0.25) is 0 Å². The van der Waals surface area contributed by atoms with E-state index in [-0.39, 0.29) is 12.1 Å². The molecule has 0 bridgehead atoms. The molecule has 1 aliphatic rings. The quantitative estimate of drug-likeness (QED) is 0.670. The largest absolute Gasteiger partial charge is 0.444 e. The Morgan fingerprint density at radius 1 is 1.22 bits per heavy atom. The lowest BCUT2D eigenvalue weighted by molar-refractivity contribution is 0.0488. The molecule has 1 rings (SSSR count). The zero-order valence-electron chi connectivity index (χ0n) is 15.6. The van der Waals surface area contributed by atoms with Gasteiger partial charge in [-0.25, -0.2) is 4.79 Å². The summed E-state index contributed by atoms with van der Waals surface area (Å²) in [4.78, 5) is 11.9. The number of alkyl carbamates (subject to hydrolysis) is 1. The highest BCUT2D eigenvalue weighted by molar-refractivity contribution is 5.68. The molecule has 2 N–H and O–H groups in total. The van der Waals surface area contributed by atoms with Gasteiger partial charge in [-0.3, -0.25) is 0 Å². The van der Waals surface area contributed by atoms with Gasteiger partial charge >= 0.3 is 6.09 Å². The molecule has 1 fully saturated rings. The van der Waals surface area contributed by atoms with Crippen molar-refractivity contribution < 1.29 is 14.3 Å². The lowest BCUT2D eigenvalue weighted by atomic mass is 9.91. The van der Waals surface area contributed by atoms with Gasteiger partial charge in [0, 0.05) is 25.3 Å². The van der Waals surface area contributed by atoms with Gasteiger partial charge in [-0.05, 0) is 65.3 Å². The maximum atomic E-state index is 11.9. The van der Waals surface area contributed by atoms with E-state index < -0.39 is 5.60 Å². The first-order valence-corrected chi connectivity index (χ1v) is 9.07. The van der Waals surface area contributed by atoms with Crippen LogP contribution in [0.4, 0.5) is 4.79 Å². The average molecular weight is 328 g/mol. The first-order chi connectivity index (χ1) is 10.8. The van der Waals surface area contributed by atoms with Crippen molar-refractivity contribution in [3.8, 4) is 0 Å². The van der Waals surface area contributed by atoms with Crippen molar-refractivity contribution in [3.05, 3.63) is 0 Å². The van der Waals surface area contributed by atoms with Crippen molar-refractivity contribution in [2.45, 2.75) is 84.4 Å². The third kappa shape index (κ3) is 10.6. The van der Waals surface area contributed by atoms with Crippen LogP contribution < -0.4 is 10.6 Å². The molecule has 0 aromatic rings. The second kappa shape index (κ2) is 10.1. The molecular weight excluding hydrogens is 292 g/mol. The maximum Gasteiger partial charge on any atom is 0.407 e. The zero-order chi connectivity index (χ0) is 17.3. The van der Waals surface area contributed by atoms with Crippen molar-refractivity contribution in [1.82, 2.24) is 10.6 Å². The van der Waals surface area contributed by atoms with Gasteiger partial charge in [0.2, 0.25) is 0 Å². The Morgan fingerprint density at radius 3 is 2.57 bits per heavy atom. The van der Waals surface area contributed by atoms with Crippen LogP contribution in [0, 0.1) is 5.92 Å². The molecule has 0 spiro atoms. The minimum atomic E-state index is -0.438. The molecule has 0 aromatic carbocycles. The second-order valence-corrected chi connectivity index (χ2v) is 7.98. The molecule has 1 aliphatic carbocycles. The topological polar surface area (TPSA) is 59.6 Å². The van der Waals surface area contributed by atoms with Gasteiger partial charge < -0.3 is 20.1 Å². The van der Waals surface area contributed by atoms with Gasteiger partial charge in [0.15, 0.2) is 0 Å². The Bertz CT molecular complexity index is 340. The van der Waals surface area contributed by atoms with Crippen LogP contribution in [0.15, 0.2) is 0 Å². The van der Waals surface area contributed by atoms with Crippen molar-refractivity contribution >= 4 is 6.09 Å². The predicted octanol–water partition coefficient (Wildman–Crippen LogP) is 3.47. The minimum Gasteiger partial charge on any atom is -0.444 e. The Balaban J connectivity index is 2.15. The highest BCUT2D eigenvalue weighted by Gasteiger charge is 2.25. The monoisotopic (exact) mass is 328 g/mol. The molecule has 0 radical (unpaired) electrons.